The first-order valence-corrected chi connectivity index (χ1v) is 13.7. The van der Waals surface area contributed by atoms with Crippen LogP contribution in [0, 0.1) is 25.2 Å². The summed E-state index contributed by atoms with van der Waals surface area (Å²) in [5.74, 6) is 0.397. The molecule has 0 saturated heterocycles. The van der Waals surface area contributed by atoms with E-state index in [1.165, 1.54) is 0 Å². The van der Waals surface area contributed by atoms with E-state index >= 15 is 0 Å². The zero-order chi connectivity index (χ0) is 27.8. The van der Waals surface area contributed by atoms with Gasteiger partial charge in [-0.1, -0.05) is 46.9 Å². The highest BCUT2D eigenvalue weighted by atomic mass is 35.5. The highest BCUT2D eigenvalue weighted by Crippen LogP contribution is 2.47. The number of aryl methyl sites for hydroxylation is 2. The van der Waals surface area contributed by atoms with Crippen LogP contribution in [-0.4, -0.2) is 5.78 Å². The zero-order valence-corrected chi connectivity index (χ0v) is 23.8. The molecule has 1 aliphatic heterocycles. The van der Waals surface area contributed by atoms with Crippen LogP contribution in [0.5, 0.6) is 5.75 Å². The monoisotopic (exact) mass is 577 g/mol. The van der Waals surface area contributed by atoms with Crippen LogP contribution >= 0.6 is 34.8 Å². The molecule has 2 aliphatic rings. The topological polar surface area (TPSA) is 79.4 Å². The maximum absolute atomic E-state index is 13.5. The molecule has 0 aromatic heterocycles. The van der Waals surface area contributed by atoms with Crippen molar-refractivity contribution in [3.05, 3.63) is 115 Å². The van der Waals surface area contributed by atoms with Crippen molar-refractivity contribution in [3.8, 4) is 11.8 Å². The van der Waals surface area contributed by atoms with Gasteiger partial charge in [0.1, 0.15) is 18.2 Å². The minimum atomic E-state index is -0.585. The molecule has 8 heteroatoms. The summed E-state index contributed by atoms with van der Waals surface area (Å²) >= 11 is 18.6. The zero-order valence-electron chi connectivity index (χ0n) is 21.5. The minimum absolute atomic E-state index is 0.0126. The summed E-state index contributed by atoms with van der Waals surface area (Å²) < 4.78 is 6.04. The predicted molar refractivity (Wildman–Crippen MR) is 156 cm³/mol. The van der Waals surface area contributed by atoms with Crippen molar-refractivity contribution in [1.82, 2.24) is 0 Å². The second-order valence-electron chi connectivity index (χ2n) is 9.82. The number of carbonyl (C=O) groups excluding carboxylic acids is 1. The normalized spacial score (nSPS) is 17.3. The molecular weight excluding hydrogens is 553 g/mol. The lowest BCUT2D eigenvalue weighted by molar-refractivity contribution is -0.116. The predicted octanol–water partition coefficient (Wildman–Crippen LogP) is 8.15. The largest absolute Gasteiger partial charge is 0.489 e. The average molecular weight is 579 g/mol. The summed E-state index contributed by atoms with van der Waals surface area (Å²) in [4.78, 5) is 15.3. The third-order valence-corrected chi connectivity index (χ3v) is 7.95. The molecule has 3 aromatic rings. The van der Waals surface area contributed by atoms with Crippen molar-refractivity contribution in [1.29, 1.82) is 5.26 Å². The number of halogens is 3. The molecule has 2 N–H and O–H groups in total. The second kappa shape index (κ2) is 11.0. The lowest BCUT2D eigenvalue weighted by Gasteiger charge is -2.40. The molecule has 1 heterocycles. The first kappa shape index (κ1) is 27.1. The molecule has 39 heavy (non-hydrogen) atoms. The first-order chi connectivity index (χ1) is 18.7. The number of hydrogen-bond donors (Lipinski definition) is 1. The van der Waals surface area contributed by atoms with Crippen LogP contribution in [0.1, 0.15) is 47.4 Å². The van der Waals surface area contributed by atoms with E-state index in [-0.39, 0.29) is 11.6 Å². The van der Waals surface area contributed by atoms with Gasteiger partial charge >= 0.3 is 0 Å². The number of carbonyl (C=O) groups is 1. The van der Waals surface area contributed by atoms with E-state index in [2.05, 4.69) is 12.1 Å². The van der Waals surface area contributed by atoms with Crippen LogP contribution in [0.3, 0.4) is 0 Å². The van der Waals surface area contributed by atoms with Crippen molar-refractivity contribution in [2.45, 2.75) is 45.6 Å². The van der Waals surface area contributed by atoms with Crippen LogP contribution in [0.4, 0.5) is 5.69 Å². The molecule has 198 valence electrons. The molecule has 0 amide bonds. The van der Waals surface area contributed by atoms with Gasteiger partial charge in [-0.25, -0.2) is 0 Å². The van der Waals surface area contributed by atoms with Crippen molar-refractivity contribution in [2.75, 3.05) is 4.90 Å². The lowest BCUT2D eigenvalue weighted by Crippen LogP contribution is -2.39. The molecule has 0 spiro atoms. The van der Waals surface area contributed by atoms with E-state index < -0.39 is 5.92 Å². The molecule has 1 aliphatic carbocycles. The third-order valence-electron chi connectivity index (χ3n) is 7.26. The summed E-state index contributed by atoms with van der Waals surface area (Å²) in [5, 5.41) is 11.9. The average Bonchev–Trinajstić information content (AvgIpc) is 2.88. The molecule has 3 aromatic carbocycles. The summed E-state index contributed by atoms with van der Waals surface area (Å²) in [5.41, 5.74) is 12.9. The van der Waals surface area contributed by atoms with Crippen molar-refractivity contribution >= 4 is 46.3 Å². The maximum Gasteiger partial charge on any atom is 0.161 e. The Hall–Kier alpha value is -3.43. The smallest absolute Gasteiger partial charge is 0.161 e. The minimum Gasteiger partial charge on any atom is -0.489 e. The van der Waals surface area contributed by atoms with Gasteiger partial charge in [0.2, 0.25) is 0 Å². The lowest BCUT2D eigenvalue weighted by atomic mass is 9.74. The number of benzene rings is 3. The molecule has 0 bridgehead atoms. The fourth-order valence-electron chi connectivity index (χ4n) is 5.44. The van der Waals surface area contributed by atoms with E-state index in [0.29, 0.717) is 63.5 Å². The van der Waals surface area contributed by atoms with Gasteiger partial charge in [-0.3, -0.25) is 9.69 Å². The maximum atomic E-state index is 13.5. The Bertz CT molecular complexity index is 1570. The van der Waals surface area contributed by atoms with Gasteiger partial charge in [-0.15, -0.1) is 0 Å². The fourth-order valence-corrected chi connectivity index (χ4v) is 6.08. The quantitative estimate of drug-likeness (QED) is 0.330. The molecule has 5 rings (SSSR count). The summed E-state index contributed by atoms with van der Waals surface area (Å²) in [6.45, 7) is 4.34. The number of nitrogens with zero attached hydrogens (tertiary/aromatic N) is 2. The van der Waals surface area contributed by atoms with Crippen LogP contribution in [0.15, 0.2) is 77.3 Å². The Morgan fingerprint density at radius 1 is 0.974 bits per heavy atom. The van der Waals surface area contributed by atoms with Crippen LogP contribution < -0.4 is 15.4 Å². The third kappa shape index (κ3) is 5.25. The van der Waals surface area contributed by atoms with E-state index in [9.17, 15) is 10.1 Å². The summed E-state index contributed by atoms with van der Waals surface area (Å²) in [7, 11) is 0. The van der Waals surface area contributed by atoms with Crippen molar-refractivity contribution in [2.24, 2.45) is 5.73 Å². The molecule has 1 unspecified atom stereocenters. The van der Waals surface area contributed by atoms with Crippen LogP contribution in [-0.2, 0) is 11.4 Å². The van der Waals surface area contributed by atoms with Gasteiger partial charge in [0.15, 0.2) is 5.78 Å². The van der Waals surface area contributed by atoms with Gasteiger partial charge in [-0.2, -0.15) is 5.26 Å². The Morgan fingerprint density at radius 2 is 1.67 bits per heavy atom. The van der Waals surface area contributed by atoms with Crippen LogP contribution in [0.25, 0.3) is 0 Å². The Labute approximate surface area is 243 Å². The highest BCUT2D eigenvalue weighted by molar-refractivity contribution is 6.35. The Morgan fingerprint density at radius 3 is 2.33 bits per heavy atom. The number of allylic oxidation sites excluding steroid dienone is 3. The van der Waals surface area contributed by atoms with Gasteiger partial charge in [0.05, 0.1) is 23.2 Å². The number of ketones is 1. The van der Waals surface area contributed by atoms with E-state index in [1.54, 1.807) is 35.2 Å². The Kier molecular flexibility index (Phi) is 7.64. The van der Waals surface area contributed by atoms with E-state index in [1.807, 2.05) is 32.0 Å². The van der Waals surface area contributed by atoms with E-state index in [4.69, 9.17) is 45.3 Å². The molecule has 0 saturated carbocycles. The van der Waals surface area contributed by atoms with E-state index in [0.717, 1.165) is 28.0 Å². The number of ether oxygens (including phenoxy) is 1. The number of hydrogen-bond acceptors (Lipinski definition) is 5. The highest BCUT2D eigenvalue weighted by Gasteiger charge is 2.41. The van der Waals surface area contributed by atoms with Crippen molar-refractivity contribution < 1.29 is 9.53 Å². The summed E-state index contributed by atoms with van der Waals surface area (Å²) in [6, 6.07) is 18.7. The standard InChI is InChI=1S/C31H26Cl3N3O2/c1-17-10-18(2)25(11-19(17)16-39-24-8-6-20(32)7-9-24)29-26(15-35)31(36)37(23-13-21(33)12-22(34)14-23)27-4-3-5-28(38)30(27)29/h6-14,29H,3-5,16,36H2,1-2H3. The Balaban J connectivity index is 1.63. The van der Waals surface area contributed by atoms with Gasteiger partial charge in [0, 0.05) is 32.8 Å². The van der Waals surface area contributed by atoms with Gasteiger partial charge in [-0.05, 0) is 91.4 Å². The number of Topliss-reactive ketones (excluding diaryl/α,β-unsaturated/α-hetero) is 1. The fraction of sp³-hybridized carbons (Fsp3) is 0.226. The van der Waals surface area contributed by atoms with Gasteiger partial charge in [0.25, 0.3) is 0 Å². The molecule has 1 atom stereocenters. The second-order valence-corrected chi connectivity index (χ2v) is 11.1. The molecular formula is C31H26Cl3N3O2. The summed E-state index contributed by atoms with van der Waals surface area (Å²) in [6.07, 6.45) is 1.74. The SMILES string of the molecule is Cc1cc(C)c(C2C(C#N)=C(N)N(c3cc(Cl)cc(Cl)c3)C3=C2C(=O)CCC3)cc1COc1ccc(Cl)cc1. The van der Waals surface area contributed by atoms with Gasteiger partial charge < -0.3 is 10.5 Å². The molecule has 5 nitrogen and oxygen atoms in total. The number of rotatable bonds is 5. The number of anilines is 1. The number of nitriles is 1. The number of nitrogens with two attached hydrogens (primary N) is 1. The van der Waals surface area contributed by atoms with Crippen molar-refractivity contribution in [3.63, 3.8) is 0 Å². The van der Waals surface area contributed by atoms with Crippen LogP contribution in [0.2, 0.25) is 15.1 Å². The molecule has 0 fully saturated rings. The molecule has 0 radical (unpaired) electrons. The first-order valence-electron chi connectivity index (χ1n) is 12.6.